The average Bonchev–Trinajstić information content (AvgIpc) is 2.96. The Morgan fingerprint density at radius 1 is 1.33 bits per heavy atom. The van der Waals surface area contributed by atoms with Crippen molar-refractivity contribution in [3.63, 3.8) is 0 Å². The molecule has 0 bridgehead atoms. The van der Waals surface area contributed by atoms with Crippen molar-refractivity contribution in [3.8, 4) is 0 Å². The van der Waals surface area contributed by atoms with E-state index in [4.69, 9.17) is 0 Å². The van der Waals surface area contributed by atoms with Crippen LogP contribution in [0.2, 0.25) is 0 Å². The zero-order chi connectivity index (χ0) is 14.8. The van der Waals surface area contributed by atoms with E-state index in [0.29, 0.717) is 16.9 Å². The number of fused-ring (bicyclic) bond motifs is 1. The highest BCUT2D eigenvalue weighted by atomic mass is 16.2. The Labute approximate surface area is 121 Å². The second kappa shape index (κ2) is 5.28. The Morgan fingerprint density at radius 3 is 2.90 bits per heavy atom. The minimum absolute atomic E-state index is 0.163. The van der Waals surface area contributed by atoms with Crippen molar-refractivity contribution in [1.82, 2.24) is 25.0 Å². The van der Waals surface area contributed by atoms with Gasteiger partial charge in [0.15, 0.2) is 5.82 Å². The van der Waals surface area contributed by atoms with Crippen molar-refractivity contribution < 1.29 is 4.79 Å². The molecule has 1 amide bonds. The number of amides is 1. The van der Waals surface area contributed by atoms with Crippen LogP contribution in [-0.2, 0) is 6.54 Å². The lowest BCUT2D eigenvalue weighted by molar-refractivity contribution is 0.0992. The molecule has 2 heterocycles. The number of hydrogen-bond donors (Lipinski definition) is 0. The molecule has 0 unspecified atom stereocenters. The van der Waals surface area contributed by atoms with E-state index in [1.54, 1.807) is 42.5 Å². The van der Waals surface area contributed by atoms with E-state index < -0.39 is 0 Å². The SMILES string of the molecule is CCn1nnc2cc(C(=O)N(C)c3cnccn3)ccc21. The van der Waals surface area contributed by atoms with Crippen LogP contribution in [0.25, 0.3) is 11.0 Å². The van der Waals surface area contributed by atoms with Gasteiger partial charge in [0.05, 0.1) is 11.7 Å². The smallest absolute Gasteiger partial charge is 0.259 e. The summed E-state index contributed by atoms with van der Waals surface area (Å²) < 4.78 is 1.79. The first-order chi connectivity index (χ1) is 10.2. The van der Waals surface area contributed by atoms with Crippen molar-refractivity contribution in [3.05, 3.63) is 42.4 Å². The summed E-state index contributed by atoms with van der Waals surface area (Å²) in [5.41, 5.74) is 2.16. The first-order valence-electron chi connectivity index (χ1n) is 6.58. The van der Waals surface area contributed by atoms with E-state index in [1.165, 1.54) is 4.90 Å². The van der Waals surface area contributed by atoms with Gasteiger partial charge in [-0.3, -0.25) is 14.7 Å². The minimum atomic E-state index is -0.163. The van der Waals surface area contributed by atoms with Crippen molar-refractivity contribution in [1.29, 1.82) is 0 Å². The van der Waals surface area contributed by atoms with Gasteiger partial charge < -0.3 is 0 Å². The highest BCUT2D eigenvalue weighted by molar-refractivity contribution is 6.06. The molecule has 0 aliphatic carbocycles. The molecule has 0 saturated heterocycles. The van der Waals surface area contributed by atoms with E-state index in [-0.39, 0.29) is 5.91 Å². The van der Waals surface area contributed by atoms with E-state index >= 15 is 0 Å². The van der Waals surface area contributed by atoms with Crippen LogP contribution in [0.15, 0.2) is 36.8 Å². The second-order valence-corrected chi connectivity index (χ2v) is 4.54. The number of rotatable bonds is 3. The van der Waals surface area contributed by atoms with Crippen LogP contribution in [0.1, 0.15) is 17.3 Å². The summed E-state index contributed by atoms with van der Waals surface area (Å²) in [7, 11) is 1.67. The molecule has 0 aliphatic rings. The highest BCUT2D eigenvalue weighted by Crippen LogP contribution is 2.16. The predicted octanol–water partition coefficient (Wildman–Crippen LogP) is 1.52. The molecule has 0 fully saturated rings. The maximum atomic E-state index is 12.5. The van der Waals surface area contributed by atoms with Crippen LogP contribution in [0.3, 0.4) is 0 Å². The molecule has 3 rings (SSSR count). The Hall–Kier alpha value is -2.83. The fraction of sp³-hybridized carbons (Fsp3) is 0.214. The molecular formula is C14H14N6O. The Bertz CT molecular complexity index is 783. The molecular weight excluding hydrogens is 268 g/mol. The standard InChI is InChI=1S/C14H14N6O/c1-3-20-12-5-4-10(8-11(12)17-18-20)14(21)19(2)13-9-15-6-7-16-13/h4-9H,3H2,1-2H3. The molecule has 1 aromatic carbocycles. The molecule has 0 spiro atoms. The van der Waals surface area contributed by atoms with Gasteiger partial charge in [-0.05, 0) is 25.1 Å². The summed E-state index contributed by atoms with van der Waals surface area (Å²) in [6.45, 7) is 2.73. The Kier molecular flexibility index (Phi) is 3.31. The predicted molar refractivity (Wildman–Crippen MR) is 78.0 cm³/mol. The molecule has 0 saturated carbocycles. The van der Waals surface area contributed by atoms with Crippen LogP contribution in [-0.4, -0.2) is 37.9 Å². The first-order valence-corrected chi connectivity index (χ1v) is 6.58. The number of hydrogen-bond acceptors (Lipinski definition) is 5. The van der Waals surface area contributed by atoms with Crippen molar-refractivity contribution in [2.24, 2.45) is 0 Å². The summed E-state index contributed by atoms with van der Waals surface area (Å²) >= 11 is 0. The van der Waals surface area contributed by atoms with Crippen LogP contribution < -0.4 is 4.90 Å². The second-order valence-electron chi connectivity index (χ2n) is 4.54. The zero-order valence-electron chi connectivity index (χ0n) is 11.8. The third-order valence-corrected chi connectivity index (χ3v) is 3.26. The number of aryl methyl sites for hydroxylation is 1. The molecule has 0 aliphatic heterocycles. The number of aromatic nitrogens is 5. The maximum Gasteiger partial charge on any atom is 0.259 e. The lowest BCUT2D eigenvalue weighted by Crippen LogP contribution is -2.27. The highest BCUT2D eigenvalue weighted by Gasteiger charge is 2.16. The monoisotopic (exact) mass is 282 g/mol. The summed E-state index contributed by atoms with van der Waals surface area (Å²) in [4.78, 5) is 22.0. The fourth-order valence-corrected chi connectivity index (χ4v) is 2.10. The lowest BCUT2D eigenvalue weighted by Gasteiger charge is -2.15. The first kappa shape index (κ1) is 13.2. The summed E-state index contributed by atoms with van der Waals surface area (Å²) in [5, 5.41) is 8.12. The van der Waals surface area contributed by atoms with E-state index in [9.17, 15) is 4.79 Å². The molecule has 7 heteroatoms. The van der Waals surface area contributed by atoms with E-state index in [2.05, 4.69) is 20.3 Å². The number of carbonyl (C=O) groups is 1. The number of anilines is 1. The van der Waals surface area contributed by atoms with Crippen LogP contribution in [0.4, 0.5) is 5.82 Å². The van der Waals surface area contributed by atoms with Crippen molar-refractivity contribution in [2.75, 3.05) is 11.9 Å². The molecule has 3 aromatic rings. The number of carbonyl (C=O) groups excluding carboxylic acids is 1. The zero-order valence-corrected chi connectivity index (χ0v) is 11.8. The van der Waals surface area contributed by atoms with Gasteiger partial charge in [0.2, 0.25) is 0 Å². The minimum Gasteiger partial charge on any atom is -0.295 e. The van der Waals surface area contributed by atoms with Crippen LogP contribution in [0.5, 0.6) is 0 Å². The number of benzene rings is 1. The largest absolute Gasteiger partial charge is 0.295 e. The van der Waals surface area contributed by atoms with Gasteiger partial charge in [0.25, 0.3) is 5.91 Å². The van der Waals surface area contributed by atoms with Crippen LogP contribution in [0, 0.1) is 0 Å². The molecule has 2 aromatic heterocycles. The molecule has 106 valence electrons. The normalized spacial score (nSPS) is 10.8. The van der Waals surface area contributed by atoms with Gasteiger partial charge in [-0.25, -0.2) is 9.67 Å². The Morgan fingerprint density at radius 2 is 2.19 bits per heavy atom. The van der Waals surface area contributed by atoms with Gasteiger partial charge in [-0.2, -0.15) is 0 Å². The summed E-state index contributed by atoms with van der Waals surface area (Å²) in [5.74, 6) is 0.336. The van der Waals surface area contributed by atoms with Gasteiger partial charge in [-0.1, -0.05) is 5.21 Å². The molecule has 7 nitrogen and oxygen atoms in total. The topological polar surface area (TPSA) is 76.8 Å². The third-order valence-electron chi connectivity index (χ3n) is 3.26. The van der Waals surface area contributed by atoms with Gasteiger partial charge in [0, 0.05) is 31.5 Å². The lowest BCUT2D eigenvalue weighted by atomic mass is 10.1. The van der Waals surface area contributed by atoms with E-state index in [0.717, 1.165) is 12.1 Å². The average molecular weight is 282 g/mol. The van der Waals surface area contributed by atoms with E-state index in [1.807, 2.05) is 13.0 Å². The summed E-state index contributed by atoms with van der Waals surface area (Å²) in [6.07, 6.45) is 4.66. The molecule has 0 N–H and O–H groups in total. The van der Waals surface area contributed by atoms with Gasteiger partial charge in [0.1, 0.15) is 5.52 Å². The van der Waals surface area contributed by atoms with Crippen molar-refractivity contribution >= 4 is 22.8 Å². The van der Waals surface area contributed by atoms with Crippen LogP contribution >= 0.6 is 0 Å². The van der Waals surface area contributed by atoms with Gasteiger partial charge >= 0.3 is 0 Å². The fourth-order valence-electron chi connectivity index (χ4n) is 2.10. The van der Waals surface area contributed by atoms with Gasteiger partial charge in [-0.15, -0.1) is 5.10 Å². The quantitative estimate of drug-likeness (QED) is 0.728. The third kappa shape index (κ3) is 2.33. The maximum absolute atomic E-state index is 12.5. The number of nitrogens with zero attached hydrogens (tertiary/aromatic N) is 6. The molecule has 21 heavy (non-hydrogen) atoms. The molecule has 0 radical (unpaired) electrons. The summed E-state index contributed by atoms with van der Waals surface area (Å²) in [6, 6.07) is 5.37. The van der Waals surface area contributed by atoms with Crippen molar-refractivity contribution in [2.45, 2.75) is 13.5 Å². The Balaban J connectivity index is 1.94. The molecule has 0 atom stereocenters.